The largest absolute Gasteiger partial charge is 0.208 e. The van der Waals surface area contributed by atoms with Gasteiger partial charge in [-0.05, 0) is 97.1 Å². The van der Waals surface area contributed by atoms with E-state index in [9.17, 15) is 0 Å². The zero-order valence-electron chi connectivity index (χ0n) is 32.9. The molecule has 0 saturated heterocycles. The average Bonchev–Trinajstić information content (AvgIpc) is 3.35. The highest BCUT2D eigenvalue weighted by molar-refractivity contribution is 5.91. The summed E-state index contributed by atoms with van der Waals surface area (Å²) in [4.78, 5) is 15.4. The molecule has 0 saturated carbocycles. The van der Waals surface area contributed by atoms with Gasteiger partial charge in [0, 0.05) is 16.7 Å². The summed E-state index contributed by atoms with van der Waals surface area (Å²) in [6, 6.07) is 83.3. The van der Waals surface area contributed by atoms with Crippen molar-refractivity contribution in [1.29, 1.82) is 0 Å². The Morgan fingerprint density at radius 3 is 0.767 bits per heavy atom. The van der Waals surface area contributed by atoms with Crippen molar-refractivity contribution in [3.63, 3.8) is 0 Å². The van der Waals surface area contributed by atoms with Crippen molar-refractivity contribution in [2.75, 3.05) is 0 Å². The molecule has 0 fully saturated rings. The van der Waals surface area contributed by atoms with Gasteiger partial charge < -0.3 is 0 Å². The second-order valence-electron chi connectivity index (χ2n) is 14.8. The van der Waals surface area contributed by atoms with E-state index in [1.165, 1.54) is 33.4 Å². The first-order valence-electron chi connectivity index (χ1n) is 20.3. The van der Waals surface area contributed by atoms with Gasteiger partial charge in [-0.1, -0.05) is 206 Å². The van der Waals surface area contributed by atoms with E-state index in [-0.39, 0.29) is 0 Å². The molecule has 9 aromatic carbocycles. The van der Waals surface area contributed by atoms with Gasteiger partial charge in [0.15, 0.2) is 17.5 Å². The smallest absolute Gasteiger partial charge is 0.164 e. The maximum Gasteiger partial charge on any atom is 0.164 e. The van der Waals surface area contributed by atoms with Gasteiger partial charge in [0.25, 0.3) is 0 Å². The van der Waals surface area contributed by atoms with E-state index >= 15 is 0 Å². The third kappa shape index (κ3) is 7.56. The monoisotopic (exact) mass is 765 g/mol. The summed E-state index contributed by atoms with van der Waals surface area (Å²) in [5.74, 6) is 1.87. The van der Waals surface area contributed by atoms with Gasteiger partial charge >= 0.3 is 0 Å². The van der Waals surface area contributed by atoms with Gasteiger partial charge in [-0.25, -0.2) is 15.0 Å². The first-order chi connectivity index (χ1) is 29.7. The molecule has 0 radical (unpaired) electrons. The molecule has 0 N–H and O–H groups in total. The molecule has 3 heteroatoms. The van der Waals surface area contributed by atoms with Crippen molar-refractivity contribution in [3.05, 3.63) is 237 Å². The first-order valence-corrected chi connectivity index (χ1v) is 20.3. The average molecular weight is 766 g/mol. The van der Waals surface area contributed by atoms with Crippen LogP contribution in [0.5, 0.6) is 0 Å². The fraction of sp³-hybridized carbons (Fsp3) is 0. The molecule has 0 aliphatic carbocycles. The van der Waals surface area contributed by atoms with Gasteiger partial charge in [0.2, 0.25) is 0 Å². The minimum atomic E-state index is 0.610. The Labute approximate surface area is 351 Å². The Hall–Kier alpha value is -8.01. The molecule has 10 rings (SSSR count). The van der Waals surface area contributed by atoms with Crippen molar-refractivity contribution < 1.29 is 0 Å². The van der Waals surface area contributed by atoms with E-state index in [4.69, 9.17) is 15.0 Å². The quantitative estimate of drug-likeness (QED) is 0.147. The van der Waals surface area contributed by atoms with E-state index in [2.05, 4.69) is 200 Å². The molecule has 0 unspecified atom stereocenters. The van der Waals surface area contributed by atoms with Crippen LogP contribution in [0.2, 0.25) is 0 Å². The Morgan fingerprint density at radius 1 is 0.167 bits per heavy atom. The van der Waals surface area contributed by atoms with Gasteiger partial charge in [0.05, 0.1) is 0 Å². The molecule has 10 aromatic rings. The summed E-state index contributed by atoms with van der Waals surface area (Å²) >= 11 is 0. The molecule has 0 aliphatic heterocycles. The fourth-order valence-corrected chi connectivity index (χ4v) is 7.93. The van der Waals surface area contributed by atoms with Gasteiger partial charge in [0.1, 0.15) is 0 Å². The molecule has 0 bridgehead atoms. The van der Waals surface area contributed by atoms with Crippen LogP contribution in [-0.2, 0) is 0 Å². The summed E-state index contributed by atoms with van der Waals surface area (Å²) < 4.78 is 0. The standard InChI is InChI=1S/C57H39N3/c1-7-19-40(20-8-1)51-33-31-46(38-53(51)42-23-11-3-12-24-42)48-35-49(47-32-34-52(41-21-9-2-10-22-41)54(39-47)43-25-13-4-14-26-43)37-50(36-48)57-59-55(44-27-15-5-16-28-44)58-56(60-57)45-29-17-6-18-30-45/h1-39H. The lowest BCUT2D eigenvalue weighted by molar-refractivity contribution is 1.07. The third-order valence-electron chi connectivity index (χ3n) is 10.9. The molecule has 1 heterocycles. The SMILES string of the molecule is c1ccc(-c2nc(-c3ccccc3)nc(-c3cc(-c4ccc(-c5ccccc5)c(-c5ccccc5)c4)cc(-c4ccc(-c5ccccc5)c(-c5ccccc5)c4)c3)n2)cc1. The van der Waals surface area contributed by atoms with Crippen LogP contribution >= 0.6 is 0 Å². The summed E-state index contributed by atoms with van der Waals surface area (Å²) in [6.07, 6.45) is 0. The Balaban J connectivity index is 1.21. The Morgan fingerprint density at radius 2 is 0.433 bits per heavy atom. The van der Waals surface area contributed by atoms with E-state index in [0.29, 0.717) is 17.5 Å². The number of rotatable bonds is 9. The number of hydrogen-bond acceptors (Lipinski definition) is 3. The molecule has 282 valence electrons. The fourth-order valence-electron chi connectivity index (χ4n) is 7.93. The van der Waals surface area contributed by atoms with Crippen LogP contribution in [-0.4, -0.2) is 15.0 Å². The topological polar surface area (TPSA) is 38.7 Å². The second-order valence-corrected chi connectivity index (χ2v) is 14.8. The van der Waals surface area contributed by atoms with Crippen LogP contribution in [0.4, 0.5) is 0 Å². The lowest BCUT2D eigenvalue weighted by Crippen LogP contribution is -2.00. The minimum absolute atomic E-state index is 0.610. The summed E-state index contributed by atoms with van der Waals surface area (Å²) in [7, 11) is 0. The third-order valence-corrected chi connectivity index (χ3v) is 10.9. The summed E-state index contributed by atoms with van der Waals surface area (Å²) in [5.41, 5.74) is 16.5. The van der Waals surface area contributed by atoms with Gasteiger partial charge in [-0.3, -0.25) is 0 Å². The van der Waals surface area contributed by atoms with Crippen LogP contribution in [0.1, 0.15) is 0 Å². The lowest BCUT2D eigenvalue weighted by Gasteiger charge is -2.17. The van der Waals surface area contributed by atoms with Crippen LogP contribution in [0.15, 0.2) is 237 Å². The lowest BCUT2D eigenvalue weighted by atomic mass is 9.88. The Bertz CT molecular complexity index is 2840. The van der Waals surface area contributed by atoms with Crippen molar-refractivity contribution in [2.24, 2.45) is 0 Å². The number of benzene rings is 9. The maximum atomic E-state index is 5.18. The highest BCUT2D eigenvalue weighted by atomic mass is 15.0. The molecule has 0 atom stereocenters. The zero-order valence-corrected chi connectivity index (χ0v) is 32.9. The molecule has 60 heavy (non-hydrogen) atoms. The van der Waals surface area contributed by atoms with E-state index in [1.807, 2.05) is 36.4 Å². The van der Waals surface area contributed by atoms with E-state index < -0.39 is 0 Å². The zero-order chi connectivity index (χ0) is 40.1. The normalized spacial score (nSPS) is 11.0. The molecule has 0 aliphatic rings. The molecular formula is C57H39N3. The molecule has 1 aromatic heterocycles. The van der Waals surface area contributed by atoms with E-state index in [1.54, 1.807) is 0 Å². The van der Waals surface area contributed by atoms with Crippen LogP contribution in [0, 0.1) is 0 Å². The molecule has 3 nitrogen and oxygen atoms in total. The van der Waals surface area contributed by atoms with Crippen molar-refractivity contribution in [2.45, 2.75) is 0 Å². The predicted octanol–water partition coefficient (Wildman–Crippen LogP) is 14.9. The van der Waals surface area contributed by atoms with Crippen LogP contribution < -0.4 is 0 Å². The first kappa shape index (κ1) is 36.3. The van der Waals surface area contributed by atoms with Crippen LogP contribution in [0.25, 0.3) is 101 Å². The summed E-state index contributed by atoms with van der Waals surface area (Å²) in [6.45, 7) is 0. The van der Waals surface area contributed by atoms with Crippen molar-refractivity contribution in [1.82, 2.24) is 15.0 Å². The minimum Gasteiger partial charge on any atom is -0.208 e. The number of hydrogen-bond donors (Lipinski definition) is 0. The number of nitrogens with zero attached hydrogens (tertiary/aromatic N) is 3. The van der Waals surface area contributed by atoms with Crippen LogP contribution in [0.3, 0.4) is 0 Å². The van der Waals surface area contributed by atoms with Crippen molar-refractivity contribution >= 4 is 0 Å². The highest BCUT2D eigenvalue weighted by Crippen LogP contribution is 2.41. The molecule has 0 amide bonds. The second kappa shape index (κ2) is 16.5. The highest BCUT2D eigenvalue weighted by Gasteiger charge is 2.18. The summed E-state index contributed by atoms with van der Waals surface area (Å²) in [5, 5.41) is 0. The maximum absolute atomic E-state index is 5.18. The predicted molar refractivity (Wildman–Crippen MR) is 249 cm³/mol. The molecule has 0 spiro atoms. The number of aromatic nitrogens is 3. The Kier molecular flexibility index (Phi) is 9.97. The molecular weight excluding hydrogens is 727 g/mol. The van der Waals surface area contributed by atoms with E-state index in [0.717, 1.165) is 50.1 Å². The van der Waals surface area contributed by atoms with Gasteiger partial charge in [-0.2, -0.15) is 0 Å². The van der Waals surface area contributed by atoms with Crippen molar-refractivity contribution in [3.8, 4) is 101 Å². The van der Waals surface area contributed by atoms with Gasteiger partial charge in [-0.15, -0.1) is 0 Å².